The van der Waals surface area contributed by atoms with Crippen LogP contribution in [0.1, 0.15) is 6.42 Å². The molecule has 100 valence electrons. The SMILES string of the molecule is O=C(CS(=O)(=O)CCCO)Nc1ccccc1F. The minimum atomic E-state index is -3.57. The normalized spacial score (nSPS) is 11.2. The molecule has 18 heavy (non-hydrogen) atoms. The Morgan fingerprint density at radius 3 is 2.61 bits per heavy atom. The summed E-state index contributed by atoms with van der Waals surface area (Å²) in [6, 6.07) is 5.49. The molecule has 0 aliphatic heterocycles. The van der Waals surface area contributed by atoms with Crippen molar-refractivity contribution in [2.75, 3.05) is 23.4 Å². The fourth-order valence-corrected chi connectivity index (χ4v) is 2.49. The van der Waals surface area contributed by atoms with E-state index in [-0.39, 0.29) is 24.5 Å². The van der Waals surface area contributed by atoms with E-state index in [1.54, 1.807) is 0 Å². The van der Waals surface area contributed by atoms with E-state index in [0.29, 0.717) is 0 Å². The monoisotopic (exact) mass is 275 g/mol. The zero-order chi connectivity index (χ0) is 13.6. The van der Waals surface area contributed by atoms with Crippen molar-refractivity contribution in [2.45, 2.75) is 6.42 Å². The predicted octanol–water partition coefficient (Wildman–Crippen LogP) is 0.561. The summed E-state index contributed by atoms with van der Waals surface area (Å²) in [7, 11) is -3.57. The highest BCUT2D eigenvalue weighted by molar-refractivity contribution is 7.92. The zero-order valence-electron chi connectivity index (χ0n) is 9.60. The van der Waals surface area contributed by atoms with Crippen molar-refractivity contribution in [2.24, 2.45) is 0 Å². The standard InChI is InChI=1S/C11H14FNO4S/c12-9-4-1-2-5-10(9)13-11(15)8-18(16,17)7-3-6-14/h1-2,4-5,14H,3,6-8H2,(H,13,15). The number of hydrogen-bond donors (Lipinski definition) is 2. The van der Waals surface area contributed by atoms with Gasteiger partial charge in [0.15, 0.2) is 9.84 Å². The third-order valence-corrected chi connectivity index (χ3v) is 3.73. The van der Waals surface area contributed by atoms with Crippen molar-refractivity contribution in [3.05, 3.63) is 30.1 Å². The van der Waals surface area contributed by atoms with Crippen molar-refractivity contribution in [3.63, 3.8) is 0 Å². The van der Waals surface area contributed by atoms with Gasteiger partial charge >= 0.3 is 0 Å². The number of nitrogens with one attached hydrogen (secondary N) is 1. The second kappa shape index (κ2) is 6.46. The number of rotatable bonds is 6. The van der Waals surface area contributed by atoms with Crippen LogP contribution in [0.4, 0.5) is 10.1 Å². The Kier molecular flexibility index (Phi) is 5.24. The minimum Gasteiger partial charge on any atom is -0.396 e. The Balaban J connectivity index is 2.60. The molecule has 0 aliphatic carbocycles. The Bertz CT molecular complexity index is 516. The molecule has 0 fully saturated rings. The molecule has 1 amide bonds. The van der Waals surface area contributed by atoms with Crippen LogP contribution in [0, 0.1) is 5.82 Å². The van der Waals surface area contributed by atoms with Crippen LogP contribution in [0.15, 0.2) is 24.3 Å². The van der Waals surface area contributed by atoms with Gasteiger partial charge in [0.2, 0.25) is 5.91 Å². The van der Waals surface area contributed by atoms with Crippen LogP contribution in [-0.4, -0.2) is 37.5 Å². The summed E-state index contributed by atoms with van der Waals surface area (Å²) in [5, 5.41) is 10.7. The van der Waals surface area contributed by atoms with E-state index in [1.807, 2.05) is 0 Å². The highest BCUT2D eigenvalue weighted by Gasteiger charge is 2.17. The lowest BCUT2D eigenvalue weighted by Gasteiger charge is -2.06. The number of aliphatic hydroxyl groups excluding tert-OH is 1. The van der Waals surface area contributed by atoms with Gasteiger partial charge in [-0.25, -0.2) is 12.8 Å². The largest absolute Gasteiger partial charge is 0.396 e. The molecule has 0 heterocycles. The summed E-state index contributed by atoms with van der Waals surface area (Å²) in [4.78, 5) is 11.4. The van der Waals surface area contributed by atoms with Crippen molar-refractivity contribution < 1.29 is 22.7 Å². The third kappa shape index (κ3) is 4.80. The van der Waals surface area contributed by atoms with E-state index in [0.717, 1.165) is 6.07 Å². The second-order valence-electron chi connectivity index (χ2n) is 3.70. The second-order valence-corrected chi connectivity index (χ2v) is 5.88. The van der Waals surface area contributed by atoms with Crippen LogP contribution < -0.4 is 5.32 Å². The summed E-state index contributed by atoms with van der Waals surface area (Å²) in [6.07, 6.45) is 0.0787. The molecule has 0 atom stereocenters. The van der Waals surface area contributed by atoms with Gasteiger partial charge in [-0.3, -0.25) is 4.79 Å². The number of anilines is 1. The van der Waals surface area contributed by atoms with Crippen LogP contribution in [0.3, 0.4) is 0 Å². The first-order chi connectivity index (χ1) is 8.44. The lowest BCUT2D eigenvalue weighted by molar-refractivity contribution is -0.113. The van der Waals surface area contributed by atoms with Crippen LogP contribution >= 0.6 is 0 Å². The quantitative estimate of drug-likeness (QED) is 0.794. The Morgan fingerprint density at radius 2 is 2.00 bits per heavy atom. The molecule has 0 aromatic heterocycles. The molecule has 5 nitrogen and oxygen atoms in total. The number of sulfone groups is 1. The Morgan fingerprint density at radius 1 is 1.33 bits per heavy atom. The van der Waals surface area contributed by atoms with Gasteiger partial charge in [-0.2, -0.15) is 0 Å². The molecule has 0 radical (unpaired) electrons. The van der Waals surface area contributed by atoms with Crippen LogP contribution in [0.25, 0.3) is 0 Å². The highest BCUT2D eigenvalue weighted by Crippen LogP contribution is 2.12. The summed E-state index contributed by atoms with van der Waals surface area (Å²) >= 11 is 0. The first-order valence-electron chi connectivity index (χ1n) is 5.30. The molecule has 0 bridgehead atoms. The number of carbonyl (C=O) groups excluding carboxylic acids is 1. The lowest BCUT2D eigenvalue weighted by atomic mass is 10.3. The molecule has 0 spiro atoms. The summed E-state index contributed by atoms with van der Waals surface area (Å²) in [5.41, 5.74) is -0.0557. The Hall–Kier alpha value is -1.47. The van der Waals surface area contributed by atoms with Crippen LogP contribution in [0.2, 0.25) is 0 Å². The van der Waals surface area contributed by atoms with Gasteiger partial charge in [0.1, 0.15) is 11.6 Å². The maximum atomic E-state index is 13.2. The van der Waals surface area contributed by atoms with E-state index < -0.39 is 27.3 Å². The number of carbonyl (C=O) groups is 1. The maximum absolute atomic E-state index is 13.2. The van der Waals surface area contributed by atoms with Gasteiger partial charge in [0.25, 0.3) is 0 Å². The van der Waals surface area contributed by atoms with E-state index in [1.165, 1.54) is 18.2 Å². The van der Waals surface area contributed by atoms with Gasteiger partial charge in [-0.05, 0) is 18.6 Å². The molecular weight excluding hydrogens is 261 g/mol. The number of hydrogen-bond acceptors (Lipinski definition) is 4. The molecule has 1 rings (SSSR count). The molecule has 0 unspecified atom stereocenters. The van der Waals surface area contributed by atoms with Crippen LogP contribution in [-0.2, 0) is 14.6 Å². The van der Waals surface area contributed by atoms with Gasteiger partial charge in [0.05, 0.1) is 11.4 Å². The van der Waals surface area contributed by atoms with E-state index in [4.69, 9.17) is 5.11 Å². The average Bonchev–Trinajstić information content (AvgIpc) is 2.29. The van der Waals surface area contributed by atoms with Gasteiger partial charge in [0, 0.05) is 6.61 Å². The molecule has 0 saturated carbocycles. The number of halogens is 1. The number of amides is 1. The fourth-order valence-electron chi connectivity index (χ4n) is 1.31. The molecule has 1 aromatic rings. The summed E-state index contributed by atoms with van der Waals surface area (Å²) in [6.45, 7) is -0.256. The molecule has 0 saturated heterocycles. The van der Waals surface area contributed by atoms with E-state index in [2.05, 4.69) is 5.32 Å². The van der Waals surface area contributed by atoms with Gasteiger partial charge in [-0.1, -0.05) is 12.1 Å². The lowest BCUT2D eigenvalue weighted by Crippen LogP contribution is -2.25. The van der Waals surface area contributed by atoms with Crippen molar-refractivity contribution in [1.29, 1.82) is 0 Å². The summed E-state index contributed by atoms with van der Waals surface area (Å²) in [5.74, 6) is -2.41. The zero-order valence-corrected chi connectivity index (χ0v) is 10.4. The molecule has 7 heteroatoms. The number of para-hydroxylation sites is 1. The van der Waals surface area contributed by atoms with Crippen molar-refractivity contribution in [1.82, 2.24) is 0 Å². The van der Waals surface area contributed by atoms with Crippen molar-refractivity contribution >= 4 is 21.4 Å². The fraction of sp³-hybridized carbons (Fsp3) is 0.364. The number of aliphatic hydroxyl groups is 1. The molecular formula is C11H14FNO4S. The maximum Gasteiger partial charge on any atom is 0.239 e. The number of benzene rings is 1. The Labute approximate surface area is 105 Å². The molecule has 2 N–H and O–H groups in total. The van der Waals surface area contributed by atoms with Gasteiger partial charge < -0.3 is 10.4 Å². The molecule has 0 aliphatic rings. The van der Waals surface area contributed by atoms with Crippen LogP contribution in [0.5, 0.6) is 0 Å². The predicted molar refractivity (Wildman–Crippen MR) is 65.4 cm³/mol. The third-order valence-electron chi connectivity index (χ3n) is 2.11. The average molecular weight is 275 g/mol. The smallest absolute Gasteiger partial charge is 0.239 e. The minimum absolute atomic E-state index is 0.0557. The van der Waals surface area contributed by atoms with Crippen molar-refractivity contribution in [3.8, 4) is 0 Å². The molecule has 1 aromatic carbocycles. The van der Waals surface area contributed by atoms with Gasteiger partial charge in [-0.15, -0.1) is 0 Å². The highest BCUT2D eigenvalue weighted by atomic mass is 32.2. The summed E-state index contributed by atoms with van der Waals surface area (Å²) < 4.78 is 36.0. The topological polar surface area (TPSA) is 83.5 Å². The van der Waals surface area contributed by atoms with E-state index in [9.17, 15) is 17.6 Å². The first-order valence-corrected chi connectivity index (χ1v) is 7.12. The van der Waals surface area contributed by atoms with E-state index >= 15 is 0 Å². The first kappa shape index (κ1) is 14.6.